The summed E-state index contributed by atoms with van der Waals surface area (Å²) in [6, 6.07) is 6.47. The molecule has 0 aliphatic carbocycles. The summed E-state index contributed by atoms with van der Waals surface area (Å²) < 4.78 is 0.957. The molecule has 0 heterocycles. The minimum atomic E-state index is 0.184. The molecule has 0 bridgehead atoms. The maximum Gasteiger partial charge on any atom is 0.0548 e. The lowest BCUT2D eigenvalue weighted by molar-refractivity contribution is 0.276. The van der Waals surface area contributed by atoms with Crippen LogP contribution < -0.4 is 5.32 Å². The van der Waals surface area contributed by atoms with Crippen molar-refractivity contribution in [2.75, 3.05) is 6.54 Å². The van der Waals surface area contributed by atoms with Crippen molar-refractivity contribution in [1.82, 2.24) is 5.32 Å². The Morgan fingerprint density at radius 1 is 1.38 bits per heavy atom. The average Bonchev–Trinajstić information content (AvgIpc) is 2.17. The van der Waals surface area contributed by atoms with Crippen LogP contribution in [0.2, 0.25) is 5.02 Å². The van der Waals surface area contributed by atoms with Gasteiger partial charge in [-0.05, 0) is 45.6 Å². The van der Waals surface area contributed by atoms with Crippen LogP contribution in [0, 0.1) is 5.41 Å². The van der Waals surface area contributed by atoms with Gasteiger partial charge in [-0.2, -0.15) is 0 Å². The first-order valence-corrected chi connectivity index (χ1v) is 6.71. The van der Waals surface area contributed by atoms with E-state index in [1.807, 2.05) is 6.07 Å². The average molecular weight is 305 g/mol. The van der Waals surface area contributed by atoms with Crippen LogP contribution in [0.1, 0.15) is 39.3 Å². The van der Waals surface area contributed by atoms with Crippen LogP contribution in [-0.2, 0) is 0 Å². The number of hydrogen-bond acceptors (Lipinski definition) is 1. The Kier molecular flexibility index (Phi) is 4.84. The van der Waals surface area contributed by atoms with E-state index < -0.39 is 0 Å². The maximum absolute atomic E-state index is 6.01. The van der Waals surface area contributed by atoms with Crippen molar-refractivity contribution >= 4 is 27.5 Å². The van der Waals surface area contributed by atoms with E-state index in [1.165, 1.54) is 5.56 Å². The molecule has 1 aromatic carbocycles. The lowest BCUT2D eigenvalue weighted by Gasteiger charge is -2.32. The molecule has 0 saturated carbocycles. The zero-order valence-electron chi connectivity index (χ0n) is 10.3. The van der Waals surface area contributed by atoms with Crippen molar-refractivity contribution in [3.63, 3.8) is 0 Å². The summed E-state index contributed by atoms with van der Waals surface area (Å²) in [5.74, 6) is 0. The van der Waals surface area contributed by atoms with Crippen LogP contribution in [0.5, 0.6) is 0 Å². The van der Waals surface area contributed by atoms with Crippen LogP contribution in [0.4, 0.5) is 0 Å². The third kappa shape index (κ3) is 3.47. The van der Waals surface area contributed by atoms with Gasteiger partial charge in [-0.15, -0.1) is 0 Å². The van der Waals surface area contributed by atoms with Crippen molar-refractivity contribution in [1.29, 1.82) is 0 Å². The molecule has 0 fully saturated rings. The Balaban J connectivity index is 3.06. The van der Waals surface area contributed by atoms with Crippen LogP contribution in [0.3, 0.4) is 0 Å². The Morgan fingerprint density at radius 3 is 2.44 bits per heavy atom. The second-order valence-corrected chi connectivity index (χ2v) is 6.29. The Hall–Kier alpha value is -0.0500. The summed E-state index contributed by atoms with van der Waals surface area (Å²) in [4.78, 5) is 0. The van der Waals surface area contributed by atoms with Gasteiger partial charge in [0.2, 0.25) is 0 Å². The van der Waals surface area contributed by atoms with E-state index in [0.29, 0.717) is 6.04 Å². The number of rotatable bonds is 3. The first-order valence-electron chi connectivity index (χ1n) is 5.54. The zero-order chi connectivity index (χ0) is 12.3. The van der Waals surface area contributed by atoms with E-state index in [1.54, 1.807) is 0 Å². The van der Waals surface area contributed by atoms with E-state index in [2.05, 4.69) is 61.1 Å². The zero-order valence-corrected chi connectivity index (χ0v) is 12.6. The van der Waals surface area contributed by atoms with Crippen LogP contribution >= 0.6 is 27.5 Å². The minimum absolute atomic E-state index is 0.184. The minimum Gasteiger partial charge on any atom is -0.310 e. The highest BCUT2D eigenvalue weighted by molar-refractivity contribution is 9.10. The quantitative estimate of drug-likeness (QED) is 0.846. The van der Waals surface area contributed by atoms with Gasteiger partial charge in [-0.25, -0.2) is 0 Å². The largest absolute Gasteiger partial charge is 0.310 e. The second-order valence-electron chi connectivity index (χ2n) is 5.03. The SMILES string of the molecule is CCNC(c1ccc(Cl)c(Br)c1)C(C)(C)C. The monoisotopic (exact) mass is 303 g/mol. The lowest BCUT2D eigenvalue weighted by atomic mass is 9.82. The molecule has 0 saturated heterocycles. The molecule has 0 radical (unpaired) electrons. The highest BCUT2D eigenvalue weighted by Gasteiger charge is 2.25. The molecule has 0 aromatic heterocycles. The lowest BCUT2D eigenvalue weighted by Crippen LogP contribution is -2.32. The molecule has 1 atom stereocenters. The Bertz CT molecular complexity index is 357. The number of nitrogens with one attached hydrogen (secondary N) is 1. The predicted octanol–water partition coefficient (Wildman–Crippen LogP) is 4.80. The second kappa shape index (κ2) is 5.52. The molecule has 1 nitrogen and oxygen atoms in total. The Labute approximate surface area is 112 Å². The molecule has 1 aromatic rings. The van der Waals surface area contributed by atoms with Crippen molar-refractivity contribution in [3.8, 4) is 0 Å². The van der Waals surface area contributed by atoms with E-state index in [9.17, 15) is 0 Å². The van der Waals surface area contributed by atoms with Gasteiger partial charge in [-0.3, -0.25) is 0 Å². The number of benzene rings is 1. The van der Waals surface area contributed by atoms with Gasteiger partial charge in [0.15, 0.2) is 0 Å². The van der Waals surface area contributed by atoms with Crippen molar-refractivity contribution in [2.45, 2.75) is 33.7 Å². The molecule has 90 valence electrons. The highest BCUT2D eigenvalue weighted by Crippen LogP contribution is 2.35. The fourth-order valence-electron chi connectivity index (χ4n) is 1.82. The number of hydrogen-bond donors (Lipinski definition) is 1. The van der Waals surface area contributed by atoms with Gasteiger partial charge in [0.1, 0.15) is 0 Å². The third-order valence-corrected chi connectivity index (χ3v) is 3.77. The molecule has 0 aliphatic heterocycles. The summed E-state index contributed by atoms with van der Waals surface area (Å²) in [5, 5.41) is 4.28. The topological polar surface area (TPSA) is 12.0 Å². The molecular weight excluding hydrogens is 286 g/mol. The molecule has 0 amide bonds. The fourth-order valence-corrected chi connectivity index (χ4v) is 2.33. The number of halogens is 2. The van der Waals surface area contributed by atoms with Crippen LogP contribution in [0.15, 0.2) is 22.7 Å². The van der Waals surface area contributed by atoms with E-state index in [4.69, 9.17) is 11.6 Å². The summed E-state index contributed by atoms with van der Waals surface area (Å²) in [7, 11) is 0. The third-order valence-electron chi connectivity index (χ3n) is 2.55. The first-order chi connectivity index (χ1) is 7.36. The summed E-state index contributed by atoms with van der Waals surface area (Å²) in [6.07, 6.45) is 0. The molecule has 3 heteroatoms. The highest BCUT2D eigenvalue weighted by atomic mass is 79.9. The van der Waals surface area contributed by atoms with E-state index >= 15 is 0 Å². The normalized spacial score (nSPS) is 13.9. The molecule has 1 rings (SSSR count). The maximum atomic E-state index is 6.01. The van der Waals surface area contributed by atoms with Crippen molar-refractivity contribution < 1.29 is 0 Å². The van der Waals surface area contributed by atoms with Gasteiger partial charge in [0.05, 0.1) is 5.02 Å². The molecule has 1 unspecified atom stereocenters. The van der Waals surface area contributed by atoms with Gasteiger partial charge < -0.3 is 5.32 Å². The summed E-state index contributed by atoms with van der Waals surface area (Å²) >= 11 is 9.48. The van der Waals surface area contributed by atoms with Gasteiger partial charge in [0.25, 0.3) is 0 Å². The van der Waals surface area contributed by atoms with Gasteiger partial charge in [0, 0.05) is 10.5 Å². The first kappa shape index (κ1) is 14.0. The fraction of sp³-hybridized carbons (Fsp3) is 0.538. The Morgan fingerprint density at radius 2 is 2.00 bits per heavy atom. The van der Waals surface area contributed by atoms with Crippen LogP contribution in [-0.4, -0.2) is 6.54 Å². The molecule has 16 heavy (non-hydrogen) atoms. The molecular formula is C13H19BrClN. The molecule has 0 spiro atoms. The molecule has 1 N–H and O–H groups in total. The van der Waals surface area contributed by atoms with Crippen LogP contribution in [0.25, 0.3) is 0 Å². The van der Waals surface area contributed by atoms with Gasteiger partial charge >= 0.3 is 0 Å². The standard InChI is InChI=1S/C13H19BrClN/c1-5-16-12(13(2,3)4)9-6-7-11(15)10(14)8-9/h6-8,12,16H,5H2,1-4H3. The summed E-state index contributed by atoms with van der Waals surface area (Å²) in [5.41, 5.74) is 1.45. The van der Waals surface area contributed by atoms with E-state index in [0.717, 1.165) is 16.0 Å². The summed E-state index contributed by atoms with van der Waals surface area (Å²) in [6.45, 7) is 9.81. The van der Waals surface area contributed by atoms with E-state index in [-0.39, 0.29) is 5.41 Å². The van der Waals surface area contributed by atoms with Crippen molar-refractivity contribution in [3.05, 3.63) is 33.3 Å². The van der Waals surface area contributed by atoms with Crippen molar-refractivity contribution in [2.24, 2.45) is 5.41 Å². The smallest absolute Gasteiger partial charge is 0.0548 e. The predicted molar refractivity (Wildman–Crippen MR) is 75.0 cm³/mol. The molecule has 0 aliphatic rings. The van der Waals surface area contributed by atoms with Gasteiger partial charge in [-0.1, -0.05) is 45.4 Å².